The Labute approximate surface area is 146 Å². The van der Waals surface area contributed by atoms with Crippen LogP contribution >= 0.6 is 0 Å². The third-order valence-electron chi connectivity index (χ3n) is 4.03. The van der Waals surface area contributed by atoms with Crippen molar-refractivity contribution in [1.82, 2.24) is 15.2 Å². The molecule has 1 fully saturated rings. The Bertz CT molecular complexity index is 724. The zero-order chi connectivity index (χ0) is 17.6. The summed E-state index contributed by atoms with van der Waals surface area (Å²) in [4.78, 5) is 30.3. The van der Waals surface area contributed by atoms with Crippen molar-refractivity contribution in [3.8, 4) is 5.75 Å². The van der Waals surface area contributed by atoms with Crippen molar-refractivity contribution in [2.75, 3.05) is 18.9 Å². The van der Waals surface area contributed by atoms with Crippen LogP contribution in [0.3, 0.4) is 0 Å². The maximum absolute atomic E-state index is 12.6. The van der Waals surface area contributed by atoms with E-state index in [1.807, 2.05) is 18.2 Å². The molecule has 2 atom stereocenters. The van der Waals surface area contributed by atoms with Crippen molar-refractivity contribution >= 4 is 17.6 Å². The fraction of sp³-hybridized carbons (Fsp3) is 0.278. The number of carbonyl (C=O) groups is 2. The number of nitrogens with one attached hydrogen (secondary N) is 2. The second kappa shape index (κ2) is 7.65. The summed E-state index contributed by atoms with van der Waals surface area (Å²) >= 11 is 0. The van der Waals surface area contributed by atoms with E-state index in [0.717, 1.165) is 0 Å². The van der Waals surface area contributed by atoms with E-state index < -0.39 is 6.04 Å². The summed E-state index contributed by atoms with van der Waals surface area (Å²) in [5.74, 6) is 0.411. The molecule has 2 N–H and O–H groups in total. The summed E-state index contributed by atoms with van der Waals surface area (Å²) in [5.41, 5.74) is 0.680. The molecule has 0 unspecified atom stereocenters. The van der Waals surface area contributed by atoms with Gasteiger partial charge >= 0.3 is 6.03 Å². The van der Waals surface area contributed by atoms with Gasteiger partial charge in [0.2, 0.25) is 5.91 Å². The number of para-hydroxylation sites is 1. The third kappa shape index (κ3) is 4.06. The van der Waals surface area contributed by atoms with Crippen molar-refractivity contribution in [3.05, 3.63) is 54.9 Å². The fourth-order valence-corrected chi connectivity index (χ4v) is 2.85. The molecule has 1 aliphatic rings. The smallest absolute Gasteiger partial charge is 0.322 e. The van der Waals surface area contributed by atoms with E-state index in [4.69, 9.17) is 4.74 Å². The zero-order valence-electron chi connectivity index (χ0n) is 13.9. The summed E-state index contributed by atoms with van der Waals surface area (Å²) in [6.45, 7) is 0.325. The molecule has 0 radical (unpaired) electrons. The van der Waals surface area contributed by atoms with Gasteiger partial charge in [0.05, 0.1) is 12.7 Å². The highest BCUT2D eigenvalue weighted by Crippen LogP contribution is 2.24. The van der Waals surface area contributed by atoms with Crippen LogP contribution in [0.2, 0.25) is 0 Å². The van der Waals surface area contributed by atoms with Gasteiger partial charge in [-0.2, -0.15) is 0 Å². The van der Waals surface area contributed by atoms with Crippen LogP contribution in [0.4, 0.5) is 10.5 Å². The number of anilines is 1. The predicted molar refractivity (Wildman–Crippen MR) is 93.3 cm³/mol. The number of nitrogens with zero attached hydrogens (tertiary/aromatic N) is 2. The van der Waals surface area contributed by atoms with Crippen molar-refractivity contribution < 1.29 is 14.3 Å². The van der Waals surface area contributed by atoms with Crippen LogP contribution in [-0.4, -0.2) is 47.6 Å². The van der Waals surface area contributed by atoms with Crippen LogP contribution in [0, 0.1) is 0 Å². The fourth-order valence-electron chi connectivity index (χ4n) is 2.85. The highest BCUT2D eigenvalue weighted by molar-refractivity contribution is 5.94. The van der Waals surface area contributed by atoms with E-state index in [-0.39, 0.29) is 18.0 Å². The lowest BCUT2D eigenvalue weighted by Gasteiger charge is -2.23. The monoisotopic (exact) mass is 340 g/mol. The highest BCUT2D eigenvalue weighted by atomic mass is 16.5. The molecule has 1 aromatic carbocycles. The molecule has 3 rings (SSSR count). The predicted octanol–water partition coefficient (Wildman–Crippen LogP) is 1.88. The zero-order valence-corrected chi connectivity index (χ0v) is 13.9. The van der Waals surface area contributed by atoms with Crippen molar-refractivity contribution in [2.45, 2.75) is 18.6 Å². The first-order valence-corrected chi connectivity index (χ1v) is 8.08. The third-order valence-corrected chi connectivity index (χ3v) is 4.03. The molecule has 1 aromatic heterocycles. The van der Waals surface area contributed by atoms with Crippen molar-refractivity contribution in [1.29, 1.82) is 0 Å². The van der Waals surface area contributed by atoms with Gasteiger partial charge in [-0.05, 0) is 24.3 Å². The molecular weight excluding hydrogens is 320 g/mol. The van der Waals surface area contributed by atoms with E-state index in [1.165, 1.54) is 4.90 Å². The van der Waals surface area contributed by atoms with Crippen molar-refractivity contribution in [3.63, 3.8) is 0 Å². The Balaban J connectivity index is 1.71. The molecule has 0 bridgehead atoms. The van der Waals surface area contributed by atoms with E-state index in [0.29, 0.717) is 24.4 Å². The number of benzene rings is 1. The summed E-state index contributed by atoms with van der Waals surface area (Å²) < 4.78 is 5.87. The number of hydrogen-bond donors (Lipinski definition) is 2. The number of hydrogen-bond acceptors (Lipinski definition) is 4. The van der Waals surface area contributed by atoms with Gasteiger partial charge in [-0.25, -0.2) is 4.79 Å². The quantitative estimate of drug-likeness (QED) is 0.890. The van der Waals surface area contributed by atoms with Gasteiger partial charge in [-0.1, -0.05) is 18.2 Å². The SMILES string of the molecule is CNC(=O)[C@H]1C[C@H](Oc2cccnc2)CN1C(=O)Nc1ccccc1. The average Bonchev–Trinajstić information content (AvgIpc) is 3.07. The molecule has 1 aliphatic heterocycles. The van der Waals surface area contributed by atoms with Gasteiger partial charge in [0.1, 0.15) is 17.9 Å². The van der Waals surface area contributed by atoms with Gasteiger partial charge < -0.3 is 20.3 Å². The number of amides is 3. The summed E-state index contributed by atoms with van der Waals surface area (Å²) in [6.07, 6.45) is 3.43. The minimum absolute atomic E-state index is 0.208. The molecule has 0 spiro atoms. The summed E-state index contributed by atoms with van der Waals surface area (Å²) in [6, 6.07) is 11.8. The molecule has 1 saturated heterocycles. The Morgan fingerprint density at radius 3 is 2.68 bits per heavy atom. The van der Waals surface area contributed by atoms with Crippen LogP contribution in [0.15, 0.2) is 54.9 Å². The number of carbonyl (C=O) groups excluding carboxylic acids is 2. The molecular formula is C18H20N4O3. The highest BCUT2D eigenvalue weighted by Gasteiger charge is 2.40. The molecule has 0 aliphatic carbocycles. The largest absolute Gasteiger partial charge is 0.487 e. The molecule has 25 heavy (non-hydrogen) atoms. The van der Waals surface area contributed by atoms with Crippen LogP contribution in [-0.2, 0) is 4.79 Å². The Morgan fingerprint density at radius 2 is 2.00 bits per heavy atom. The minimum Gasteiger partial charge on any atom is -0.487 e. The first kappa shape index (κ1) is 16.8. The Hall–Kier alpha value is -3.09. The molecule has 0 saturated carbocycles. The lowest BCUT2D eigenvalue weighted by Crippen LogP contribution is -2.46. The molecule has 3 amide bonds. The second-order valence-electron chi connectivity index (χ2n) is 5.74. The number of likely N-dealkylation sites (N-methyl/N-ethyl adjacent to an activating group) is 1. The number of pyridine rings is 1. The Kier molecular flexibility index (Phi) is 5.13. The topological polar surface area (TPSA) is 83.6 Å². The van der Waals surface area contributed by atoms with E-state index >= 15 is 0 Å². The van der Waals surface area contributed by atoms with E-state index in [1.54, 1.807) is 43.7 Å². The number of likely N-dealkylation sites (tertiary alicyclic amines) is 1. The van der Waals surface area contributed by atoms with E-state index in [2.05, 4.69) is 15.6 Å². The van der Waals surface area contributed by atoms with Crippen LogP contribution in [0.1, 0.15) is 6.42 Å². The maximum atomic E-state index is 12.6. The molecule has 130 valence electrons. The lowest BCUT2D eigenvalue weighted by atomic mass is 10.2. The number of aromatic nitrogens is 1. The summed E-state index contributed by atoms with van der Waals surface area (Å²) in [7, 11) is 1.56. The van der Waals surface area contributed by atoms with Crippen molar-refractivity contribution in [2.24, 2.45) is 0 Å². The molecule has 7 nitrogen and oxygen atoms in total. The molecule has 2 heterocycles. The molecule has 2 aromatic rings. The maximum Gasteiger partial charge on any atom is 0.322 e. The number of rotatable bonds is 4. The first-order valence-electron chi connectivity index (χ1n) is 8.08. The average molecular weight is 340 g/mol. The second-order valence-corrected chi connectivity index (χ2v) is 5.74. The minimum atomic E-state index is -0.574. The van der Waals surface area contributed by atoms with Gasteiger partial charge in [-0.15, -0.1) is 0 Å². The molecule has 7 heteroatoms. The van der Waals surface area contributed by atoms with Gasteiger partial charge in [0.25, 0.3) is 0 Å². The van der Waals surface area contributed by atoms with Gasteiger partial charge in [0.15, 0.2) is 0 Å². The first-order chi connectivity index (χ1) is 12.2. The number of ether oxygens (including phenoxy) is 1. The van der Waals surface area contributed by atoms with Gasteiger partial charge in [0, 0.05) is 25.4 Å². The lowest BCUT2D eigenvalue weighted by molar-refractivity contribution is -0.124. The summed E-state index contributed by atoms with van der Waals surface area (Å²) in [5, 5.41) is 5.43. The van der Waals surface area contributed by atoms with Crippen LogP contribution in [0.5, 0.6) is 5.75 Å². The van der Waals surface area contributed by atoms with Crippen LogP contribution < -0.4 is 15.4 Å². The standard InChI is InChI=1S/C18H20N4O3/c1-19-17(23)16-10-15(25-14-8-5-9-20-11-14)12-22(16)18(24)21-13-6-3-2-4-7-13/h2-9,11,15-16H,10,12H2,1H3,(H,19,23)(H,21,24)/t15-,16+/m0/s1. The van der Waals surface area contributed by atoms with Gasteiger partial charge in [-0.3, -0.25) is 9.78 Å². The number of urea groups is 1. The van der Waals surface area contributed by atoms with E-state index in [9.17, 15) is 9.59 Å². The van der Waals surface area contributed by atoms with Crippen LogP contribution in [0.25, 0.3) is 0 Å². The normalized spacial score (nSPS) is 19.3. The Morgan fingerprint density at radius 1 is 1.20 bits per heavy atom.